The number of aliphatic hydroxyl groups is 1. The van der Waals surface area contributed by atoms with E-state index in [-0.39, 0.29) is 16.9 Å². The number of benzene rings is 1. The molecule has 30 heavy (non-hydrogen) atoms. The van der Waals surface area contributed by atoms with Gasteiger partial charge in [-0.25, -0.2) is 0 Å². The highest BCUT2D eigenvalue weighted by Crippen LogP contribution is 2.41. The molecule has 158 valence electrons. The van der Waals surface area contributed by atoms with Crippen LogP contribution in [0, 0.1) is 0 Å². The average Bonchev–Trinajstić information content (AvgIpc) is 2.98. The lowest BCUT2D eigenvalue weighted by Gasteiger charge is -2.26. The number of ether oxygens (including phenoxy) is 1. The van der Waals surface area contributed by atoms with Crippen LogP contribution < -0.4 is 4.74 Å². The van der Waals surface area contributed by atoms with Gasteiger partial charge in [-0.1, -0.05) is 11.6 Å². The molecular formula is C22H24ClN3O4. The zero-order valence-corrected chi connectivity index (χ0v) is 17.9. The maximum absolute atomic E-state index is 13.0. The number of carbonyl (C=O) groups excluding carboxylic acids is 2. The van der Waals surface area contributed by atoms with Gasteiger partial charge in [0, 0.05) is 24.0 Å². The standard InChI is InChI=1S/C22H24ClN3O4/c1-25(2)11-4-12-26-19(14-7-9-24-10-8-14)18(21(28)22(26)29)20(27)16-13-15(23)5-6-17(16)30-3/h5-10,13,19,27H,4,11-12H2,1-3H3/b20-18+. The molecule has 8 heteroatoms. The summed E-state index contributed by atoms with van der Waals surface area (Å²) >= 11 is 6.11. The predicted octanol–water partition coefficient (Wildman–Crippen LogP) is 3.12. The van der Waals surface area contributed by atoms with Gasteiger partial charge in [-0.05, 0) is 63.0 Å². The van der Waals surface area contributed by atoms with Crippen molar-refractivity contribution >= 4 is 29.1 Å². The SMILES string of the molecule is COc1ccc(Cl)cc1/C(O)=C1\C(=O)C(=O)N(CCCN(C)C)C1c1ccncc1. The molecule has 1 aliphatic rings. The lowest BCUT2D eigenvalue weighted by Crippen LogP contribution is -2.32. The number of hydrogen-bond donors (Lipinski definition) is 1. The van der Waals surface area contributed by atoms with E-state index in [0.29, 0.717) is 29.3 Å². The van der Waals surface area contributed by atoms with Gasteiger partial charge in [0.05, 0.1) is 24.3 Å². The molecule has 1 amide bonds. The first-order chi connectivity index (χ1) is 14.3. The highest BCUT2D eigenvalue weighted by atomic mass is 35.5. The Hall–Kier alpha value is -2.90. The number of likely N-dealkylation sites (tertiary alicyclic amines) is 1. The normalized spacial score (nSPS) is 18.3. The van der Waals surface area contributed by atoms with Gasteiger partial charge in [-0.15, -0.1) is 0 Å². The number of halogens is 1. The van der Waals surface area contributed by atoms with Gasteiger partial charge in [-0.3, -0.25) is 14.6 Å². The lowest BCUT2D eigenvalue weighted by atomic mass is 9.95. The third kappa shape index (κ3) is 4.32. The van der Waals surface area contributed by atoms with Crippen molar-refractivity contribution < 1.29 is 19.4 Å². The van der Waals surface area contributed by atoms with Gasteiger partial charge in [0.1, 0.15) is 11.5 Å². The van der Waals surface area contributed by atoms with E-state index in [1.807, 2.05) is 19.0 Å². The summed E-state index contributed by atoms with van der Waals surface area (Å²) in [5.74, 6) is -1.34. The number of carbonyl (C=O) groups is 2. The number of pyridine rings is 1. The number of hydrogen-bond acceptors (Lipinski definition) is 6. The molecule has 0 aliphatic carbocycles. The molecule has 3 rings (SSSR count). The number of aliphatic hydroxyl groups excluding tert-OH is 1. The minimum absolute atomic E-state index is 0.0108. The molecule has 0 radical (unpaired) electrons. The summed E-state index contributed by atoms with van der Waals surface area (Å²) in [4.78, 5) is 33.4. The second kappa shape index (κ2) is 9.28. The molecule has 1 aromatic heterocycles. The number of rotatable bonds is 7. The molecule has 1 aromatic carbocycles. The lowest BCUT2D eigenvalue weighted by molar-refractivity contribution is -0.139. The molecule has 0 saturated carbocycles. The van der Waals surface area contributed by atoms with Gasteiger partial charge < -0.3 is 19.6 Å². The van der Waals surface area contributed by atoms with Crippen LogP contribution in [0.15, 0.2) is 48.3 Å². The van der Waals surface area contributed by atoms with Crippen LogP contribution in [-0.4, -0.2) is 65.9 Å². The minimum Gasteiger partial charge on any atom is -0.507 e. The van der Waals surface area contributed by atoms with Crippen LogP contribution in [-0.2, 0) is 9.59 Å². The molecule has 1 N–H and O–H groups in total. The molecule has 2 aromatic rings. The second-order valence-electron chi connectivity index (χ2n) is 7.27. The summed E-state index contributed by atoms with van der Waals surface area (Å²) in [5, 5.41) is 11.5. The number of methoxy groups -OCH3 is 1. The number of Topliss-reactive ketones (excluding diaryl/α,β-unsaturated/α-hetero) is 1. The van der Waals surface area contributed by atoms with Crippen molar-refractivity contribution in [3.63, 3.8) is 0 Å². The number of amides is 1. The summed E-state index contributed by atoms with van der Waals surface area (Å²) in [6, 6.07) is 7.48. The Morgan fingerprint density at radius 1 is 1.23 bits per heavy atom. The van der Waals surface area contributed by atoms with Crippen molar-refractivity contribution in [2.75, 3.05) is 34.3 Å². The zero-order chi connectivity index (χ0) is 21.8. The summed E-state index contributed by atoms with van der Waals surface area (Å²) in [5.41, 5.74) is 0.962. The zero-order valence-electron chi connectivity index (χ0n) is 17.1. The number of ketones is 1. The van der Waals surface area contributed by atoms with Crippen LogP contribution in [0.25, 0.3) is 5.76 Å². The molecular weight excluding hydrogens is 406 g/mol. The first-order valence-electron chi connectivity index (χ1n) is 9.52. The third-order valence-electron chi connectivity index (χ3n) is 4.98. The van der Waals surface area contributed by atoms with Crippen molar-refractivity contribution in [1.82, 2.24) is 14.8 Å². The van der Waals surface area contributed by atoms with E-state index in [4.69, 9.17) is 16.3 Å². The van der Waals surface area contributed by atoms with Crippen molar-refractivity contribution in [3.05, 3.63) is 64.4 Å². The first kappa shape index (κ1) is 21.8. The van der Waals surface area contributed by atoms with Crippen LogP contribution in [0.5, 0.6) is 5.75 Å². The van der Waals surface area contributed by atoms with Crippen LogP contribution in [0.2, 0.25) is 5.02 Å². The van der Waals surface area contributed by atoms with E-state index in [1.165, 1.54) is 18.1 Å². The van der Waals surface area contributed by atoms with Crippen molar-refractivity contribution in [3.8, 4) is 5.75 Å². The van der Waals surface area contributed by atoms with Crippen molar-refractivity contribution in [1.29, 1.82) is 0 Å². The van der Waals surface area contributed by atoms with E-state index in [9.17, 15) is 14.7 Å². The molecule has 2 heterocycles. The van der Waals surface area contributed by atoms with E-state index >= 15 is 0 Å². The third-order valence-corrected chi connectivity index (χ3v) is 5.22. The van der Waals surface area contributed by atoms with Crippen LogP contribution in [0.1, 0.15) is 23.6 Å². The quantitative estimate of drug-likeness (QED) is 0.413. The predicted molar refractivity (Wildman–Crippen MR) is 114 cm³/mol. The summed E-state index contributed by atoms with van der Waals surface area (Å²) in [7, 11) is 5.35. The van der Waals surface area contributed by atoms with E-state index < -0.39 is 17.7 Å². The fourth-order valence-electron chi connectivity index (χ4n) is 3.57. The second-order valence-corrected chi connectivity index (χ2v) is 7.71. The van der Waals surface area contributed by atoms with Crippen molar-refractivity contribution in [2.45, 2.75) is 12.5 Å². The number of nitrogens with zero attached hydrogens (tertiary/aromatic N) is 3. The van der Waals surface area contributed by atoms with Gasteiger partial charge in [0.25, 0.3) is 11.7 Å². The molecule has 7 nitrogen and oxygen atoms in total. The molecule has 1 fully saturated rings. The largest absolute Gasteiger partial charge is 0.507 e. The minimum atomic E-state index is -0.735. The Kier molecular flexibility index (Phi) is 6.74. The van der Waals surface area contributed by atoms with E-state index in [1.54, 1.807) is 36.7 Å². The maximum Gasteiger partial charge on any atom is 0.295 e. The Balaban J connectivity index is 2.13. The highest BCUT2D eigenvalue weighted by molar-refractivity contribution is 6.46. The molecule has 0 bridgehead atoms. The first-order valence-corrected chi connectivity index (χ1v) is 9.90. The van der Waals surface area contributed by atoms with Gasteiger partial charge in [-0.2, -0.15) is 0 Å². The van der Waals surface area contributed by atoms with Crippen LogP contribution >= 0.6 is 11.6 Å². The topological polar surface area (TPSA) is 83.0 Å². The Labute approximate surface area is 180 Å². The Bertz CT molecular complexity index is 976. The van der Waals surface area contributed by atoms with Gasteiger partial charge >= 0.3 is 0 Å². The van der Waals surface area contributed by atoms with Gasteiger partial charge in [0.2, 0.25) is 0 Å². The van der Waals surface area contributed by atoms with Crippen molar-refractivity contribution in [2.24, 2.45) is 0 Å². The van der Waals surface area contributed by atoms with Gasteiger partial charge in [0.15, 0.2) is 0 Å². The average molecular weight is 430 g/mol. The Morgan fingerprint density at radius 2 is 1.93 bits per heavy atom. The summed E-state index contributed by atoms with van der Waals surface area (Å²) in [6.07, 6.45) is 3.87. The molecule has 1 saturated heterocycles. The number of aromatic nitrogens is 1. The highest BCUT2D eigenvalue weighted by Gasteiger charge is 2.46. The monoisotopic (exact) mass is 429 g/mol. The molecule has 1 atom stereocenters. The summed E-state index contributed by atoms with van der Waals surface area (Å²) < 4.78 is 5.32. The summed E-state index contributed by atoms with van der Waals surface area (Å²) in [6.45, 7) is 1.13. The van der Waals surface area contributed by atoms with E-state index in [2.05, 4.69) is 4.98 Å². The smallest absolute Gasteiger partial charge is 0.295 e. The van der Waals surface area contributed by atoms with E-state index in [0.717, 1.165) is 6.54 Å². The maximum atomic E-state index is 13.0. The molecule has 1 unspecified atom stereocenters. The fourth-order valence-corrected chi connectivity index (χ4v) is 3.74. The molecule has 0 spiro atoms. The van der Waals surface area contributed by atoms with Crippen LogP contribution in [0.4, 0.5) is 0 Å². The Morgan fingerprint density at radius 3 is 2.57 bits per heavy atom. The van der Waals surface area contributed by atoms with Crippen LogP contribution in [0.3, 0.4) is 0 Å². The molecule has 1 aliphatic heterocycles. The fraction of sp³-hybridized carbons (Fsp3) is 0.318.